The molecule has 0 amide bonds. The molecule has 10 rings (SSSR count). The van der Waals surface area contributed by atoms with Crippen molar-refractivity contribution < 1.29 is 8.83 Å². The Labute approximate surface area is 270 Å². The summed E-state index contributed by atoms with van der Waals surface area (Å²) in [6.45, 7) is 0. The predicted molar refractivity (Wildman–Crippen MR) is 196 cm³/mol. The van der Waals surface area contributed by atoms with E-state index in [2.05, 4.69) is 144 Å². The maximum atomic E-state index is 6.40. The topological polar surface area (TPSA) is 29.5 Å². The number of furan rings is 2. The van der Waals surface area contributed by atoms with Crippen LogP contribution in [-0.2, 0) is 0 Å². The molecule has 220 valence electrons. The largest absolute Gasteiger partial charge is 0.456 e. The molecule has 8 aromatic carbocycles. The summed E-state index contributed by atoms with van der Waals surface area (Å²) in [4.78, 5) is 2.36. The number of benzene rings is 8. The van der Waals surface area contributed by atoms with Gasteiger partial charge in [-0.3, -0.25) is 0 Å². The molecular formula is C44H27NO2. The van der Waals surface area contributed by atoms with Crippen LogP contribution >= 0.6 is 0 Å². The third kappa shape index (κ3) is 4.00. The highest BCUT2D eigenvalue weighted by Gasteiger charge is 2.20. The first kappa shape index (κ1) is 26.0. The number of fused-ring (bicyclic) bond motifs is 10. The highest BCUT2D eigenvalue weighted by Crippen LogP contribution is 2.45. The zero-order valence-corrected chi connectivity index (χ0v) is 25.4. The van der Waals surface area contributed by atoms with Gasteiger partial charge in [-0.2, -0.15) is 0 Å². The fourth-order valence-corrected chi connectivity index (χ4v) is 7.30. The van der Waals surface area contributed by atoms with Crippen molar-refractivity contribution in [2.45, 2.75) is 0 Å². The fraction of sp³-hybridized carbons (Fsp3) is 0. The molecule has 3 nitrogen and oxygen atoms in total. The van der Waals surface area contributed by atoms with Gasteiger partial charge in [-0.1, -0.05) is 109 Å². The Morgan fingerprint density at radius 3 is 1.87 bits per heavy atom. The van der Waals surface area contributed by atoms with Crippen LogP contribution in [0.5, 0.6) is 0 Å². The average molecular weight is 602 g/mol. The van der Waals surface area contributed by atoms with Crippen LogP contribution in [0.15, 0.2) is 173 Å². The SMILES string of the molecule is c1ccc(-c2ccccc2N(c2ccc3c(c2)oc2ccccc23)c2ccc3ccc4ccc5oc6ccccc6c5c4c3c2)cc1. The second-order valence-corrected chi connectivity index (χ2v) is 12.1. The van der Waals surface area contributed by atoms with E-state index in [1.807, 2.05) is 24.3 Å². The number of hydrogen-bond donors (Lipinski definition) is 0. The lowest BCUT2D eigenvalue weighted by Crippen LogP contribution is -2.11. The molecule has 2 aromatic heterocycles. The number of para-hydroxylation sites is 3. The normalized spacial score (nSPS) is 11.8. The molecule has 2 heterocycles. The van der Waals surface area contributed by atoms with E-state index in [-0.39, 0.29) is 0 Å². The first-order valence-electron chi connectivity index (χ1n) is 15.9. The standard InChI is InChI=1S/C44H27NO2/c1-2-10-28(11-3-1)33-12-4-7-15-38(33)45(32-23-24-35-34-13-5-8-16-39(34)47-42(35)27-32)31-22-20-29-18-19-30-21-25-41-44(43(30)37(29)26-31)36-14-6-9-17-40(36)46-41/h1-27H. The van der Waals surface area contributed by atoms with Gasteiger partial charge in [0.1, 0.15) is 22.3 Å². The summed E-state index contributed by atoms with van der Waals surface area (Å²) in [5.74, 6) is 0. The van der Waals surface area contributed by atoms with Crippen LogP contribution in [0.1, 0.15) is 0 Å². The van der Waals surface area contributed by atoms with Crippen LogP contribution in [0.25, 0.3) is 76.5 Å². The molecule has 3 heteroatoms. The minimum Gasteiger partial charge on any atom is -0.456 e. The molecule has 0 N–H and O–H groups in total. The van der Waals surface area contributed by atoms with E-state index < -0.39 is 0 Å². The van der Waals surface area contributed by atoms with Crippen molar-refractivity contribution in [3.63, 3.8) is 0 Å². The predicted octanol–water partition coefficient (Wildman–Crippen LogP) is 12.9. The van der Waals surface area contributed by atoms with Crippen LogP contribution in [0, 0.1) is 0 Å². The van der Waals surface area contributed by atoms with E-state index in [1.54, 1.807) is 0 Å². The Bertz CT molecular complexity index is 2810. The third-order valence-electron chi connectivity index (χ3n) is 9.43. The fourth-order valence-electron chi connectivity index (χ4n) is 7.30. The Kier molecular flexibility index (Phi) is 5.57. The van der Waals surface area contributed by atoms with E-state index in [9.17, 15) is 0 Å². The molecule has 10 aromatic rings. The van der Waals surface area contributed by atoms with E-state index in [0.29, 0.717) is 0 Å². The highest BCUT2D eigenvalue weighted by molar-refractivity contribution is 6.27. The van der Waals surface area contributed by atoms with Crippen molar-refractivity contribution in [1.82, 2.24) is 0 Å². The van der Waals surface area contributed by atoms with Gasteiger partial charge in [-0.05, 0) is 70.3 Å². The van der Waals surface area contributed by atoms with Gasteiger partial charge in [0.2, 0.25) is 0 Å². The smallest absolute Gasteiger partial charge is 0.137 e. The summed E-state index contributed by atoms with van der Waals surface area (Å²) in [6, 6.07) is 57.9. The Morgan fingerprint density at radius 1 is 0.362 bits per heavy atom. The van der Waals surface area contributed by atoms with Crippen molar-refractivity contribution >= 4 is 82.5 Å². The third-order valence-corrected chi connectivity index (χ3v) is 9.43. The molecule has 0 saturated heterocycles. The van der Waals surface area contributed by atoms with Crippen molar-refractivity contribution in [3.05, 3.63) is 164 Å². The van der Waals surface area contributed by atoms with Crippen LogP contribution in [0.3, 0.4) is 0 Å². The zero-order chi connectivity index (χ0) is 30.9. The second kappa shape index (κ2) is 10.1. The van der Waals surface area contributed by atoms with Crippen LogP contribution in [0.2, 0.25) is 0 Å². The molecular weight excluding hydrogens is 574 g/mol. The van der Waals surface area contributed by atoms with Gasteiger partial charge in [0.05, 0.1) is 5.69 Å². The van der Waals surface area contributed by atoms with Crippen LogP contribution in [0.4, 0.5) is 17.1 Å². The molecule has 47 heavy (non-hydrogen) atoms. The second-order valence-electron chi connectivity index (χ2n) is 12.1. The van der Waals surface area contributed by atoms with Gasteiger partial charge in [0, 0.05) is 49.9 Å². The molecule has 0 aliphatic rings. The minimum absolute atomic E-state index is 0.865. The van der Waals surface area contributed by atoms with Crippen LogP contribution in [-0.4, -0.2) is 0 Å². The van der Waals surface area contributed by atoms with Crippen molar-refractivity contribution in [1.29, 1.82) is 0 Å². The molecule has 0 aliphatic carbocycles. The Hall–Kier alpha value is -6.32. The van der Waals surface area contributed by atoms with E-state index >= 15 is 0 Å². The summed E-state index contributed by atoms with van der Waals surface area (Å²) >= 11 is 0. The maximum absolute atomic E-state index is 6.40. The van der Waals surface area contributed by atoms with E-state index in [0.717, 1.165) is 72.1 Å². The Balaban J connectivity index is 1.28. The lowest BCUT2D eigenvalue weighted by molar-refractivity contribution is 0.668. The molecule has 0 spiro atoms. The van der Waals surface area contributed by atoms with Crippen molar-refractivity contribution in [3.8, 4) is 11.1 Å². The number of anilines is 3. The molecule has 0 aliphatic heterocycles. The summed E-state index contributed by atoms with van der Waals surface area (Å²) in [5.41, 5.74) is 9.06. The summed E-state index contributed by atoms with van der Waals surface area (Å²) in [7, 11) is 0. The molecule has 0 atom stereocenters. The lowest BCUT2D eigenvalue weighted by atomic mass is 9.96. The monoisotopic (exact) mass is 601 g/mol. The quantitative estimate of drug-likeness (QED) is 0.188. The van der Waals surface area contributed by atoms with Crippen LogP contribution < -0.4 is 4.90 Å². The summed E-state index contributed by atoms with van der Waals surface area (Å²) in [6.07, 6.45) is 0. The van der Waals surface area contributed by atoms with Gasteiger partial charge in [-0.25, -0.2) is 0 Å². The van der Waals surface area contributed by atoms with Gasteiger partial charge >= 0.3 is 0 Å². The van der Waals surface area contributed by atoms with Crippen molar-refractivity contribution in [2.75, 3.05) is 4.90 Å². The Morgan fingerprint density at radius 2 is 0.979 bits per heavy atom. The molecule has 0 saturated carbocycles. The average Bonchev–Trinajstić information content (AvgIpc) is 3.70. The first-order valence-corrected chi connectivity index (χ1v) is 15.9. The molecule has 0 radical (unpaired) electrons. The number of hydrogen-bond acceptors (Lipinski definition) is 3. The van der Waals surface area contributed by atoms with Gasteiger partial charge < -0.3 is 13.7 Å². The van der Waals surface area contributed by atoms with E-state index in [4.69, 9.17) is 8.83 Å². The van der Waals surface area contributed by atoms with Gasteiger partial charge in [0.25, 0.3) is 0 Å². The van der Waals surface area contributed by atoms with Crippen molar-refractivity contribution in [2.24, 2.45) is 0 Å². The highest BCUT2D eigenvalue weighted by atomic mass is 16.3. The summed E-state index contributed by atoms with van der Waals surface area (Å²) in [5, 5.41) is 9.28. The molecule has 0 bridgehead atoms. The minimum atomic E-state index is 0.865. The molecule has 0 fully saturated rings. The van der Waals surface area contributed by atoms with Gasteiger partial charge in [0.15, 0.2) is 0 Å². The zero-order valence-electron chi connectivity index (χ0n) is 25.4. The van der Waals surface area contributed by atoms with Gasteiger partial charge in [-0.15, -0.1) is 0 Å². The number of nitrogens with zero attached hydrogens (tertiary/aromatic N) is 1. The molecule has 0 unspecified atom stereocenters. The number of rotatable bonds is 4. The summed E-state index contributed by atoms with van der Waals surface area (Å²) < 4.78 is 12.7. The maximum Gasteiger partial charge on any atom is 0.137 e. The lowest BCUT2D eigenvalue weighted by Gasteiger charge is -2.28. The van der Waals surface area contributed by atoms with E-state index in [1.165, 1.54) is 21.5 Å². The first-order chi connectivity index (χ1) is 23.3.